The van der Waals surface area contributed by atoms with Gasteiger partial charge in [-0.25, -0.2) is 0 Å². The van der Waals surface area contributed by atoms with Gasteiger partial charge in [0, 0.05) is 17.0 Å². The van der Waals surface area contributed by atoms with E-state index in [2.05, 4.69) is 18.3 Å². The van der Waals surface area contributed by atoms with Gasteiger partial charge in [-0.1, -0.05) is 17.7 Å². The van der Waals surface area contributed by atoms with E-state index in [-0.39, 0.29) is 18.1 Å². The number of rotatable bonds is 5. The van der Waals surface area contributed by atoms with Crippen LogP contribution in [0.25, 0.3) is 0 Å². The number of aliphatic hydroxyl groups excluding tert-OH is 1. The molecule has 1 saturated carbocycles. The van der Waals surface area contributed by atoms with Gasteiger partial charge in [0.1, 0.15) is 5.75 Å². The Kier molecular flexibility index (Phi) is 3.40. The molecule has 1 aliphatic carbocycles. The van der Waals surface area contributed by atoms with Gasteiger partial charge in [-0.05, 0) is 32.9 Å². The van der Waals surface area contributed by atoms with Gasteiger partial charge < -0.3 is 15.2 Å². The Bertz CT molecular complexity index is 399. The summed E-state index contributed by atoms with van der Waals surface area (Å²) in [4.78, 5) is 0. The van der Waals surface area contributed by atoms with Crippen LogP contribution in [0.3, 0.4) is 0 Å². The van der Waals surface area contributed by atoms with E-state index in [0.717, 1.165) is 24.2 Å². The van der Waals surface area contributed by atoms with E-state index in [4.69, 9.17) is 4.74 Å². The van der Waals surface area contributed by atoms with Crippen LogP contribution in [0.2, 0.25) is 0 Å². The molecule has 1 aliphatic rings. The minimum absolute atomic E-state index is 0.00975. The summed E-state index contributed by atoms with van der Waals surface area (Å²) in [5.74, 6) is 0.898. The van der Waals surface area contributed by atoms with Gasteiger partial charge in [0.15, 0.2) is 0 Å². The molecule has 0 radical (unpaired) electrons. The van der Waals surface area contributed by atoms with Crippen LogP contribution in [0, 0.1) is 12.3 Å². The highest BCUT2D eigenvalue weighted by Gasteiger charge is 2.49. The van der Waals surface area contributed by atoms with Crippen molar-refractivity contribution in [1.29, 1.82) is 0 Å². The van der Waals surface area contributed by atoms with Crippen molar-refractivity contribution in [2.45, 2.75) is 25.8 Å². The predicted octanol–water partition coefficient (Wildman–Crippen LogP) is 2.04. The van der Waals surface area contributed by atoms with Crippen molar-refractivity contribution in [2.24, 2.45) is 5.41 Å². The fraction of sp³-hybridized carbons (Fsp3) is 0.571. The Labute approximate surface area is 103 Å². The first kappa shape index (κ1) is 12.4. The van der Waals surface area contributed by atoms with E-state index in [9.17, 15) is 5.11 Å². The Morgan fingerprint density at radius 1 is 1.47 bits per heavy atom. The molecule has 1 fully saturated rings. The van der Waals surface area contributed by atoms with Gasteiger partial charge in [0.05, 0.1) is 13.7 Å². The van der Waals surface area contributed by atoms with Gasteiger partial charge in [-0.2, -0.15) is 0 Å². The first-order valence-electron chi connectivity index (χ1n) is 6.09. The highest BCUT2D eigenvalue weighted by atomic mass is 16.5. The minimum Gasteiger partial charge on any atom is -0.496 e. The maximum absolute atomic E-state index is 9.57. The third kappa shape index (κ3) is 2.17. The average molecular weight is 235 g/mol. The van der Waals surface area contributed by atoms with Crippen LogP contribution in [0.4, 0.5) is 0 Å². The molecular formula is C14H21NO2. The molecule has 1 atom stereocenters. The number of benzene rings is 1. The Morgan fingerprint density at radius 2 is 2.18 bits per heavy atom. The van der Waals surface area contributed by atoms with Gasteiger partial charge >= 0.3 is 0 Å². The van der Waals surface area contributed by atoms with Crippen LogP contribution in [-0.2, 0) is 0 Å². The first-order valence-corrected chi connectivity index (χ1v) is 6.09. The molecule has 0 aromatic heterocycles. The van der Waals surface area contributed by atoms with Crippen molar-refractivity contribution < 1.29 is 9.84 Å². The van der Waals surface area contributed by atoms with Crippen LogP contribution >= 0.6 is 0 Å². The number of aryl methyl sites for hydroxylation is 1. The molecular weight excluding hydrogens is 214 g/mol. The summed E-state index contributed by atoms with van der Waals surface area (Å²) >= 11 is 0. The minimum atomic E-state index is 0.00975. The summed E-state index contributed by atoms with van der Waals surface area (Å²) in [5, 5.41) is 12.9. The molecule has 0 spiro atoms. The second-order valence-corrected chi connectivity index (χ2v) is 4.99. The molecule has 0 amide bonds. The zero-order chi connectivity index (χ0) is 12.5. The topological polar surface area (TPSA) is 41.5 Å². The van der Waals surface area contributed by atoms with Gasteiger partial charge in [0.25, 0.3) is 0 Å². The highest BCUT2D eigenvalue weighted by Crippen LogP contribution is 2.55. The largest absolute Gasteiger partial charge is 0.496 e. The molecule has 2 rings (SSSR count). The standard InChI is InChI=1S/C14H21NO2/c1-10-4-5-12(17-3)11(8-10)13(15-2)14(9-16)6-7-14/h4-5,8,13,15-16H,6-7,9H2,1-3H3. The molecule has 0 bridgehead atoms. The van der Waals surface area contributed by atoms with E-state index in [1.807, 2.05) is 19.2 Å². The lowest BCUT2D eigenvalue weighted by Gasteiger charge is -2.27. The van der Waals surface area contributed by atoms with E-state index in [1.54, 1.807) is 7.11 Å². The molecule has 3 heteroatoms. The molecule has 1 aromatic rings. The zero-order valence-electron chi connectivity index (χ0n) is 10.8. The Balaban J connectivity index is 2.39. The second kappa shape index (κ2) is 4.67. The fourth-order valence-electron chi connectivity index (χ4n) is 2.57. The maximum atomic E-state index is 9.57. The molecule has 1 unspecified atom stereocenters. The first-order chi connectivity index (χ1) is 8.16. The van der Waals surface area contributed by atoms with Gasteiger partial charge in [-0.3, -0.25) is 0 Å². The molecule has 17 heavy (non-hydrogen) atoms. The highest BCUT2D eigenvalue weighted by molar-refractivity contribution is 5.41. The Hall–Kier alpha value is -1.06. The number of aliphatic hydroxyl groups is 1. The van der Waals surface area contributed by atoms with E-state index >= 15 is 0 Å². The van der Waals surface area contributed by atoms with Crippen LogP contribution in [-0.4, -0.2) is 25.9 Å². The van der Waals surface area contributed by atoms with Crippen molar-refractivity contribution in [2.75, 3.05) is 20.8 Å². The molecule has 1 aromatic carbocycles. The number of ether oxygens (including phenoxy) is 1. The summed E-state index contributed by atoms with van der Waals surface area (Å²) in [6.07, 6.45) is 2.15. The third-order valence-corrected chi connectivity index (χ3v) is 3.80. The van der Waals surface area contributed by atoms with Crippen LogP contribution in [0.1, 0.15) is 30.0 Å². The van der Waals surface area contributed by atoms with Gasteiger partial charge in [0.2, 0.25) is 0 Å². The summed E-state index contributed by atoms with van der Waals surface area (Å²) < 4.78 is 5.43. The molecule has 2 N–H and O–H groups in total. The number of hydrogen-bond acceptors (Lipinski definition) is 3. The summed E-state index contributed by atoms with van der Waals surface area (Å²) in [7, 11) is 3.64. The van der Waals surface area contributed by atoms with E-state index < -0.39 is 0 Å². The monoisotopic (exact) mass is 235 g/mol. The number of hydrogen-bond donors (Lipinski definition) is 2. The Morgan fingerprint density at radius 3 is 2.65 bits per heavy atom. The summed E-state index contributed by atoms with van der Waals surface area (Å²) in [5.41, 5.74) is 2.38. The fourth-order valence-corrected chi connectivity index (χ4v) is 2.57. The lowest BCUT2D eigenvalue weighted by atomic mass is 9.89. The summed E-state index contributed by atoms with van der Waals surface area (Å²) in [6.45, 7) is 2.31. The molecule has 94 valence electrons. The van der Waals surface area contributed by atoms with Crippen molar-refractivity contribution in [3.05, 3.63) is 29.3 Å². The van der Waals surface area contributed by atoms with E-state index in [0.29, 0.717) is 0 Å². The van der Waals surface area contributed by atoms with Crippen molar-refractivity contribution in [3.63, 3.8) is 0 Å². The van der Waals surface area contributed by atoms with Crippen LogP contribution in [0.15, 0.2) is 18.2 Å². The molecule has 3 nitrogen and oxygen atoms in total. The molecule has 0 aliphatic heterocycles. The molecule has 0 heterocycles. The smallest absolute Gasteiger partial charge is 0.123 e. The van der Waals surface area contributed by atoms with Crippen molar-refractivity contribution in [3.8, 4) is 5.75 Å². The lowest BCUT2D eigenvalue weighted by molar-refractivity contribution is 0.174. The van der Waals surface area contributed by atoms with Crippen molar-refractivity contribution in [1.82, 2.24) is 5.32 Å². The SMILES string of the molecule is CNC(c1cc(C)ccc1OC)C1(CO)CC1. The zero-order valence-corrected chi connectivity index (χ0v) is 10.8. The van der Waals surface area contributed by atoms with Crippen LogP contribution < -0.4 is 10.1 Å². The maximum Gasteiger partial charge on any atom is 0.123 e. The quantitative estimate of drug-likeness (QED) is 0.820. The number of nitrogens with one attached hydrogen (secondary N) is 1. The number of methoxy groups -OCH3 is 1. The summed E-state index contributed by atoms with van der Waals surface area (Å²) in [6, 6.07) is 6.37. The van der Waals surface area contributed by atoms with Crippen LogP contribution in [0.5, 0.6) is 5.75 Å². The van der Waals surface area contributed by atoms with Crippen molar-refractivity contribution >= 4 is 0 Å². The van der Waals surface area contributed by atoms with Gasteiger partial charge in [-0.15, -0.1) is 0 Å². The molecule has 0 saturated heterocycles. The second-order valence-electron chi connectivity index (χ2n) is 4.99. The van der Waals surface area contributed by atoms with E-state index in [1.165, 1.54) is 5.56 Å². The lowest BCUT2D eigenvalue weighted by Crippen LogP contribution is -2.29. The predicted molar refractivity (Wildman–Crippen MR) is 68.3 cm³/mol. The average Bonchev–Trinajstić information content (AvgIpc) is 3.11. The third-order valence-electron chi connectivity index (χ3n) is 3.80. The normalized spacial score (nSPS) is 18.8.